The number of likely N-dealkylation sites (tertiary alicyclic amines) is 1. The number of hydrogen-bond donors (Lipinski definition) is 0. The topological polar surface area (TPSA) is 37.4 Å². The van der Waals surface area contributed by atoms with Crippen LogP contribution in [0.2, 0.25) is 0 Å². The largest absolute Gasteiger partial charge is 0.337 e. The molecule has 0 aromatic heterocycles. The van der Waals surface area contributed by atoms with E-state index in [0.717, 1.165) is 12.0 Å². The number of ketones is 1. The normalized spacial score (nSPS) is 19.5. The van der Waals surface area contributed by atoms with Gasteiger partial charge in [0, 0.05) is 31.0 Å². The average molecular weight is 273 g/mol. The van der Waals surface area contributed by atoms with Crippen molar-refractivity contribution in [3.63, 3.8) is 0 Å². The smallest absolute Gasteiger partial charge is 0.253 e. The van der Waals surface area contributed by atoms with Crippen LogP contribution in [0.15, 0.2) is 24.3 Å². The molecule has 1 aliphatic rings. The lowest BCUT2D eigenvalue weighted by Gasteiger charge is -2.31. The van der Waals surface area contributed by atoms with Crippen molar-refractivity contribution in [2.24, 2.45) is 5.92 Å². The standard InChI is InChI=1S/C17H23NO2/c1-4-13-11-18(10-9-16(13)19)17(20)15-7-5-14(6-8-15)12(2)3/h5-8,12-13H,4,9-11H2,1-3H3. The fourth-order valence-corrected chi connectivity index (χ4v) is 2.64. The van der Waals surface area contributed by atoms with Gasteiger partial charge in [-0.3, -0.25) is 9.59 Å². The summed E-state index contributed by atoms with van der Waals surface area (Å²) < 4.78 is 0. The minimum Gasteiger partial charge on any atom is -0.337 e. The Bertz CT molecular complexity index is 490. The van der Waals surface area contributed by atoms with E-state index in [4.69, 9.17) is 0 Å². The first kappa shape index (κ1) is 14.8. The van der Waals surface area contributed by atoms with Crippen LogP contribution in [0.1, 0.15) is 55.5 Å². The highest BCUT2D eigenvalue weighted by Crippen LogP contribution is 2.20. The summed E-state index contributed by atoms with van der Waals surface area (Å²) in [7, 11) is 0. The summed E-state index contributed by atoms with van der Waals surface area (Å²) in [6, 6.07) is 7.83. The van der Waals surface area contributed by atoms with Gasteiger partial charge in [0.25, 0.3) is 5.91 Å². The first-order valence-corrected chi connectivity index (χ1v) is 7.44. The Kier molecular flexibility index (Phi) is 4.58. The highest BCUT2D eigenvalue weighted by atomic mass is 16.2. The van der Waals surface area contributed by atoms with Crippen LogP contribution in [-0.4, -0.2) is 29.7 Å². The Balaban J connectivity index is 2.09. The van der Waals surface area contributed by atoms with Gasteiger partial charge in [0.2, 0.25) is 0 Å². The molecule has 1 unspecified atom stereocenters. The van der Waals surface area contributed by atoms with Crippen molar-refractivity contribution >= 4 is 11.7 Å². The molecule has 0 aliphatic carbocycles. The SMILES string of the molecule is CCC1CN(C(=O)c2ccc(C(C)C)cc2)CCC1=O. The highest BCUT2D eigenvalue weighted by Gasteiger charge is 2.28. The number of piperidine rings is 1. The molecular formula is C17H23NO2. The number of carbonyl (C=O) groups is 2. The van der Waals surface area contributed by atoms with Gasteiger partial charge in [-0.2, -0.15) is 0 Å². The monoisotopic (exact) mass is 273 g/mol. The lowest BCUT2D eigenvalue weighted by atomic mass is 9.93. The first-order valence-electron chi connectivity index (χ1n) is 7.44. The van der Waals surface area contributed by atoms with E-state index in [2.05, 4.69) is 13.8 Å². The van der Waals surface area contributed by atoms with Gasteiger partial charge in [-0.15, -0.1) is 0 Å². The number of benzene rings is 1. The lowest BCUT2D eigenvalue weighted by molar-refractivity contribution is -0.125. The Hall–Kier alpha value is -1.64. The van der Waals surface area contributed by atoms with E-state index in [1.54, 1.807) is 0 Å². The lowest BCUT2D eigenvalue weighted by Crippen LogP contribution is -2.43. The molecule has 108 valence electrons. The van der Waals surface area contributed by atoms with Gasteiger partial charge in [0.15, 0.2) is 0 Å². The summed E-state index contributed by atoms with van der Waals surface area (Å²) in [5.74, 6) is 0.830. The molecule has 1 atom stereocenters. The summed E-state index contributed by atoms with van der Waals surface area (Å²) in [6.07, 6.45) is 1.31. The average Bonchev–Trinajstić information content (AvgIpc) is 2.47. The summed E-state index contributed by atoms with van der Waals surface area (Å²) in [5, 5.41) is 0. The Morgan fingerprint density at radius 3 is 2.50 bits per heavy atom. The van der Waals surface area contributed by atoms with Crippen molar-refractivity contribution in [1.82, 2.24) is 4.90 Å². The second-order valence-electron chi connectivity index (χ2n) is 5.85. The molecule has 1 heterocycles. The molecule has 1 aromatic carbocycles. The fraction of sp³-hybridized carbons (Fsp3) is 0.529. The number of amides is 1. The van der Waals surface area contributed by atoms with Crippen LogP contribution < -0.4 is 0 Å². The van der Waals surface area contributed by atoms with Crippen molar-refractivity contribution in [1.29, 1.82) is 0 Å². The van der Waals surface area contributed by atoms with Gasteiger partial charge in [0.05, 0.1) is 0 Å². The molecule has 1 aliphatic heterocycles. The first-order chi connectivity index (χ1) is 9.52. The van der Waals surface area contributed by atoms with Crippen LogP contribution in [0, 0.1) is 5.92 Å². The summed E-state index contributed by atoms with van der Waals surface area (Å²) in [5.41, 5.74) is 1.96. The van der Waals surface area contributed by atoms with Gasteiger partial charge >= 0.3 is 0 Å². The highest BCUT2D eigenvalue weighted by molar-refractivity contribution is 5.95. The molecule has 1 amide bonds. The third-order valence-electron chi connectivity index (χ3n) is 4.13. The molecule has 1 fully saturated rings. The number of nitrogens with zero attached hydrogens (tertiary/aromatic N) is 1. The Labute approximate surface area is 121 Å². The molecule has 1 aromatic rings. The van der Waals surface area contributed by atoms with Gasteiger partial charge in [-0.05, 0) is 30.0 Å². The maximum atomic E-state index is 12.5. The number of carbonyl (C=O) groups excluding carboxylic acids is 2. The van der Waals surface area contributed by atoms with Crippen LogP contribution >= 0.6 is 0 Å². The van der Waals surface area contributed by atoms with E-state index in [0.29, 0.717) is 31.2 Å². The predicted molar refractivity (Wildman–Crippen MR) is 79.8 cm³/mol. The van der Waals surface area contributed by atoms with Crippen LogP contribution in [0.3, 0.4) is 0 Å². The van der Waals surface area contributed by atoms with Crippen molar-refractivity contribution < 1.29 is 9.59 Å². The third kappa shape index (κ3) is 3.09. The van der Waals surface area contributed by atoms with Gasteiger partial charge in [-0.1, -0.05) is 32.9 Å². The zero-order valence-corrected chi connectivity index (χ0v) is 12.6. The molecule has 2 rings (SSSR count). The van der Waals surface area contributed by atoms with E-state index in [1.807, 2.05) is 36.1 Å². The van der Waals surface area contributed by atoms with E-state index in [9.17, 15) is 9.59 Å². The number of rotatable bonds is 3. The minimum absolute atomic E-state index is 0.0163. The molecule has 3 heteroatoms. The van der Waals surface area contributed by atoms with Crippen molar-refractivity contribution in [3.05, 3.63) is 35.4 Å². The maximum absolute atomic E-state index is 12.5. The Morgan fingerprint density at radius 1 is 1.30 bits per heavy atom. The van der Waals surface area contributed by atoms with Crippen LogP contribution in [-0.2, 0) is 4.79 Å². The van der Waals surface area contributed by atoms with Gasteiger partial charge in [-0.25, -0.2) is 0 Å². The number of hydrogen-bond acceptors (Lipinski definition) is 2. The maximum Gasteiger partial charge on any atom is 0.253 e. The zero-order chi connectivity index (χ0) is 14.7. The second-order valence-corrected chi connectivity index (χ2v) is 5.85. The van der Waals surface area contributed by atoms with Crippen molar-refractivity contribution in [2.75, 3.05) is 13.1 Å². The van der Waals surface area contributed by atoms with Gasteiger partial charge < -0.3 is 4.90 Å². The van der Waals surface area contributed by atoms with E-state index in [-0.39, 0.29) is 11.8 Å². The molecule has 20 heavy (non-hydrogen) atoms. The third-order valence-corrected chi connectivity index (χ3v) is 4.13. The van der Waals surface area contributed by atoms with Crippen molar-refractivity contribution in [2.45, 2.75) is 39.5 Å². The second kappa shape index (κ2) is 6.21. The summed E-state index contributed by atoms with van der Waals surface area (Å²) in [4.78, 5) is 26.0. The fourth-order valence-electron chi connectivity index (χ4n) is 2.64. The van der Waals surface area contributed by atoms with Crippen LogP contribution in [0.4, 0.5) is 0 Å². The van der Waals surface area contributed by atoms with E-state index < -0.39 is 0 Å². The molecule has 0 spiro atoms. The molecule has 0 radical (unpaired) electrons. The van der Waals surface area contributed by atoms with Crippen LogP contribution in [0.25, 0.3) is 0 Å². The predicted octanol–water partition coefficient (Wildman–Crippen LogP) is 3.25. The minimum atomic E-state index is 0.0163. The van der Waals surface area contributed by atoms with E-state index in [1.165, 1.54) is 5.56 Å². The zero-order valence-electron chi connectivity index (χ0n) is 12.6. The van der Waals surface area contributed by atoms with Crippen molar-refractivity contribution in [3.8, 4) is 0 Å². The molecule has 3 nitrogen and oxygen atoms in total. The summed E-state index contributed by atoms with van der Waals surface area (Å²) in [6.45, 7) is 7.41. The number of Topliss-reactive ketones (excluding diaryl/α,β-unsaturated/α-hetero) is 1. The molecular weight excluding hydrogens is 250 g/mol. The quantitative estimate of drug-likeness (QED) is 0.847. The van der Waals surface area contributed by atoms with E-state index >= 15 is 0 Å². The van der Waals surface area contributed by atoms with Crippen LogP contribution in [0.5, 0.6) is 0 Å². The molecule has 0 saturated carbocycles. The molecule has 1 saturated heterocycles. The molecule has 0 N–H and O–H groups in total. The van der Waals surface area contributed by atoms with Gasteiger partial charge in [0.1, 0.15) is 5.78 Å². The summed E-state index contributed by atoms with van der Waals surface area (Å²) >= 11 is 0. The Morgan fingerprint density at radius 2 is 1.95 bits per heavy atom. The molecule has 0 bridgehead atoms.